The first-order valence-electron chi connectivity index (χ1n) is 3.81. The second kappa shape index (κ2) is 4.31. The van der Waals surface area contributed by atoms with Gasteiger partial charge in [0.1, 0.15) is 0 Å². The van der Waals surface area contributed by atoms with Crippen molar-refractivity contribution >= 4 is 5.91 Å². The van der Waals surface area contributed by atoms with Gasteiger partial charge in [-0.3, -0.25) is 4.79 Å². The number of carbonyl (C=O) groups excluding carboxylic acids is 1. The van der Waals surface area contributed by atoms with Crippen molar-refractivity contribution in [3.05, 3.63) is 0 Å². The van der Waals surface area contributed by atoms with Gasteiger partial charge in [0.2, 0.25) is 5.91 Å². The molecule has 1 N–H and O–H groups in total. The molecule has 0 atom stereocenters. The first-order valence-corrected chi connectivity index (χ1v) is 3.81. The zero-order chi connectivity index (χ0) is 8.15. The molecule has 0 bridgehead atoms. The van der Waals surface area contributed by atoms with Crippen LogP contribution in [0, 0.1) is 11.8 Å². The lowest BCUT2D eigenvalue weighted by molar-refractivity contribution is -0.124. The summed E-state index contributed by atoms with van der Waals surface area (Å²) < 4.78 is 0. The summed E-state index contributed by atoms with van der Waals surface area (Å²) in [5.41, 5.74) is 0. The smallest absolute Gasteiger partial charge is 0.222 e. The van der Waals surface area contributed by atoms with Crippen LogP contribution in [0.5, 0.6) is 0 Å². The molecule has 0 aromatic carbocycles. The standard InChI is InChI=1S/C8H17NO/c1-6(2)5-9-8(10)7(3)4/h6-7H,5H2,1-4H3,(H,9,10). The number of rotatable bonds is 3. The molecule has 0 unspecified atom stereocenters. The van der Waals surface area contributed by atoms with Gasteiger partial charge in [-0.15, -0.1) is 0 Å². The average Bonchev–Trinajstić information content (AvgIpc) is 1.82. The van der Waals surface area contributed by atoms with Gasteiger partial charge in [0.05, 0.1) is 0 Å². The van der Waals surface area contributed by atoms with Gasteiger partial charge in [-0.2, -0.15) is 0 Å². The van der Waals surface area contributed by atoms with Gasteiger partial charge in [0.15, 0.2) is 0 Å². The Morgan fingerprint density at radius 3 is 2.10 bits per heavy atom. The molecule has 60 valence electrons. The third-order valence-electron chi connectivity index (χ3n) is 1.21. The highest BCUT2D eigenvalue weighted by molar-refractivity contribution is 5.77. The number of carbonyl (C=O) groups is 1. The molecule has 0 saturated carbocycles. The first kappa shape index (κ1) is 9.47. The quantitative estimate of drug-likeness (QED) is 0.636. The second-order valence-corrected chi connectivity index (χ2v) is 3.29. The van der Waals surface area contributed by atoms with E-state index in [2.05, 4.69) is 19.2 Å². The van der Waals surface area contributed by atoms with E-state index in [4.69, 9.17) is 0 Å². The number of hydrogen-bond acceptors (Lipinski definition) is 1. The molecule has 0 saturated heterocycles. The Balaban J connectivity index is 3.40. The van der Waals surface area contributed by atoms with E-state index in [0.29, 0.717) is 5.92 Å². The molecule has 0 heterocycles. The molecule has 0 aliphatic carbocycles. The fourth-order valence-corrected chi connectivity index (χ4v) is 0.509. The maximum absolute atomic E-state index is 10.9. The predicted octanol–water partition coefficient (Wildman–Crippen LogP) is 1.41. The van der Waals surface area contributed by atoms with E-state index < -0.39 is 0 Å². The lowest BCUT2D eigenvalue weighted by Crippen LogP contribution is -2.30. The van der Waals surface area contributed by atoms with Gasteiger partial charge in [-0.05, 0) is 5.92 Å². The molecule has 0 aromatic rings. The predicted molar refractivity (Wildman–Crippen MR) is 42.7 cm³/mol. The Labute approximate surface area is 63.0 Å². The normalized spacial score (nSPS) is 10.6. The third-order valence-corrected chi connectivity index (χ3v) is 1.21. The summed E-state index contributed by atoms with van der Waals surface area (Å²) in [6, 6.07) is 0. The molecule has 0 rings (SSSR count). The molecule has 0 radical (unpaired) electrons. The van der Waals surface area contributed by atoms with Gasteiger partial charge in [-0.1, -0.05) is 27.7 Å². The van der Waals surface area contributed by atoms with Gasteiger partial charge < -0.3 is 5.32 Å². The third kappa shape index (κ3) is 4.36. The van der Waals surface area contributed by atoms with Crippen LogP contribution in [0.2, 0.25) is 0 Å². The minimum absolute atomic E-state index is 0.110. The van der Waals surface area contributed by atoms with Crippen molar-refractivity contribution in [2.75, 3.05) is 6.54 Å². The minimum Gasteiger partial charge on any atom is -0.356 e. The lowest BCUT2D eigenvalue weighted by Gasteiger charge is -2.08. The van der Waals surface area contributed by atoms with Crippen molar-refractivity contribution < 1.29 is 4.79 Å². The van der Waals surface area contributed by atoms with Crippen molar-refractivity contribution in [2.24, 2.45) is 11.8 Å². The fourth-order valence-electron chi connectivity index (χ4n) is 0.509. The van der Waals surface area contributed by atoms with Crippen LogP contribution in [0.15, 0.2) is 0 Å². The summed E-state index contributed by atoms with van der Waals surface area (Å²) in [5, 5.41) is 2.84. The van der Waals surface area contributed by atoms with Crippen LogP contribution in [0.1, 0.15) is 27.7 Å². The van der Waals surface area contributed by atoms with E-state index >= 15 is 0 Å². The Morgan fingerprint density at radius 1 is 1.30 bits per heavy atom. The highest BCUT2D eigenvalue weighted by atomic mass is 16.1. The van der Waals surface area contributed by atoms with E-state index in [-0.39, 0.29) is 11.8 Å². The Kier molecular flexibility index (Phi) is 4.08. The number of hydrogen-bond donors (Lipinski definition) is 1. The van der Waals surface area contributed by atoms with Crippen molar-refractivity contribution in [1.29, 1.82) is 0 Å². The van der Waals surface area contributed by atoms with E-state index in [1.165, 1.54) is 0 Å². The summed E-state index contributed by atoms with van der Waals surface area (Å²) >= 11 is 0. The number of amides is 1. The van der Waals surface area contributed by atoms with Crippen LogP contribution < -0.4 is 5.32 Å². The van der Waals surface area contributed by atoms with Crippen LogP contribution >= 0.6 is 0 Å². The van der Waals surface area contributed by atoms with Gasteiger partial charge >= 0.3 is 0 Å². The summed E-state index contributed by atoms with van der Waals surface area (Å²) in [6.07, 6.45) is 0. The monoisotopic (exact) mass is 143 g/mol. The molecule has 1 amide bonds. The van der Waals surface area contributed by atoms with Gasteiger partial charge in [0.25, 0.3) is 0 Å². The van der Waals surface area contributed by atoms with Crippen molar-refractivity contribution in [1.82, 2.24) is 5.32 Å². The van der Waals surface area contributed by atoms with E-state index in [9.17, 15) is 4.79 Å². The molecular weight excluding hydrogens is 126 g/mol. The average molecular weight is 143 g/mol. The van der Waals surface area contributed by atoms with Crippen LogP contribution in [-0.4, -0.2) is 12.5 Å². The Morgan fingerprint density at radius 2 is 1.80 bits per heavy atom. The topological polar surface area (TPSA) is 29.1 Å². The molecule has 0 aliphatic heterocycles. The first-order chi connectivity index (χ1) is 4.54. The summed E-state index contributed by atoms with van der Waals surface area (Å²) in [6.45, 7) is 8.75. The highest BCUT2D eigenvalue weighted by Crippen LogP contribution is 1.92. The van der Waals surface area contributed by atoms with Crippen molar-refractivity contribution in [3.8, 4) is 0 Å². The molecule has 0 fully saturated rings. The van der Waals surface area contributed by atoms with E-state index in [1.54, 1.807) is 0 Å². The van der Waals surface area contributed by atoms with E-state index in [1.807, 2.05) is 13.8 Å². The lowest BCUT2D eigenvalue weighted by atomic mass is 10.2. The van der Waals surface area contributed by atoms with Crippen LogP contribution in [0.25, 0.3) is 0 Å². The maximum Gasteiger partial charge on any atom is 0.222 e. The number of nitrogens with one attached hydrogen (secondary N) is 1. The highest BCUT2D eigenvalue weighted by Gasteiger charge is 2.05. The zero-order valence-corrected chi connectivity index (χ0v) is 7.27. The Bertz CT molecular complexity index is 108. The molecule has 0 aliphatic rings. The molecular formula is C8H17NO. The molecule has 10 heavy (non-hydrogen) atoms. The summed E-state index contributed by atoms with van der Waals surface area (Å²) in [4.78, 5) is 10.9. The summed E-state index contributed by atoms with van der Waals surface area (Å²) in [7, 11) is 0. The van der Waals surface area contributed by atoms with Gasteiger partial charge in [0, 0.05) is 12.5 Å². The summed E-state index contributed by atoms with van der Waals surface area (Å²) in [5.74, 6) is 0.801. The molecule has 2 heteroatoms. The fraction of sp³-hybridized carbons (Fsp3) is 0.875. The largest absolute Gasteiger partial charge is 0.356 e. The van der Waals surface area contributed by atoms with E-state index in [0.717, 1.165) is 6.54 Å². The van der Waals surface area contributed by atoms with Crippen LogP contribution in [0.4, 0.5) is 0 Å². The SMILES string of the molecule is CC(C)CNC(=O)C(C)C. The molecule has 0 aromatic heterocycles. The van der Waals surface area contributed by atoms with Gasteiger partial charge in [-0.25, -0.2) is 0 Å². The molecule has 2 nitrogen and oxygen atoms in total. The maximum atomic E-state index is 10.9. The Hall–Kier alpha value is -0.530. The minimum atomic E-state index is 0.110. The second-order valence-electron chi connectivity index (χ2n) is 3.29. The van der Waals surface area contributed by atoms with Crippen LogP contribution in [0.3, 0.4) is 0 Å². The zero-order valence-electron chi connectivity index (χ0n) is 7.27. The van der Waals surface area contributed by atoms with Crippen LogP contribution in [-0.2, 0) is 4.79 Å². The molecule has 0 spiro atoms. The van der Waals surface area contributed by atoms with Crippen molar-refractivity contribution in [2.45, 2.75) is 27.7 Å². The van der Waals surface area contributed by atoms with Crippen molar-refractivity contribution in [3.63, 3.8) is 0 Å².